The van der Waals surface area contributed by atoms with Crippen molar-refractivity contribution >= 4 is 39.0 Å². The summed E-state index contributed by atoms with van der Waals surface area (Å²) in [6.07, 6.45) is 2.28. The van der Waals surface area contributed by atoms with E-state index in [1.807, 2.05) is 6.92 Å². The van der Waals surface area contributed by atoms with Crippen molar-refractivity contribution in [1.82, 2.24) is 4.98 Å². The number of amides is 1. The lowest BCUT2D eigenvalue weighted by atomic mass is 10.1. The number of carbonyl (C=O) groups excluding carboxylic acids is 1. The first-order valence-electron chi connectivity index (χ1n) is 9.26. The molecule has 1 aliphatic heterocycles. The number of anilines is 2. The standard InChI is InChI=1S/C21H18ClN3O4S/c1-2-11-25-20-19(7-4-10-23-20)29-18-9-8-16(13-17(18)21(25)26)30(27,28)24-15-6-3-5-14(22)12-15/h3-10,12-13,24H,2,11H2,1H3. The van der Waals surface area contributed by atoms with Crippen LogP contribution in [0.1, 0.15) is 23.7 Å². The summed E-state index contributed by atoms with van der Waals surface area (Å²) in [5.74, 6) is 0.742. The smallest absolute Gasteiger partial charge is 0.263 e. The molecule has 9 heteroatoms. The van der Waals surface area contributed by atoms with Crippen molar-refractivity contribution in [3.05, 3.63) is 71.4 Å². The lowest BCUT2D eigenvalue weighted by Crippen LogP contribution is -2.31. The van der Waals surface area contributed by atoms with Crippen molar-refractivity contribution in [2.45, 2.75) is 18.2 Å². The van der Waals surface area contributed by atoms with Gasteiger partial charge < -0.3 is 4.74 Å². The van der Waals surface area contributed by atoms with Crippen LogP contribution in [0.15, 0.2) is 65.7 Å². The molecule has 1 aromatic heterocycles. The summed E-state index contributed by atoms with van der Waals surface area (Å²) in [5, 5.41) is 0.404. The Morgan fingerprint density at radius 2 is 1.93 bits per heavy atom. The van der Waals surface area contributed by atoms with Crippen LogP contribution in [-0.2, 0) is 10.0 Å². The minimum Gasteiger partial charge on any atom is -0.453 e. The maximum Gasteiger partial charge on any atom is 0.263 e. The molecule has 1 N–H and O–H groups in total. The van der Waals surface area contributed by atoms with Crippen LogP contribution in [0.2, 0.25) is 5.02 Å². The Morgan fingerprint density at radius 1 is 1.10 bits per heavy atom. The summed E-state index contributed by atoms with van der Waals surface area (Å²) in [6, 6.07) is 14.0. The zero-order valence-corrected chi connectivity index (χ0v) is 17.6. The van der Waals surface area contributed by atoms with Gasteiger partial charge in [0.05, 0.1) is 16.1 Å². The quantitative estimate of drug-likeness (QED) is 0.617. The molecule has 154 valence electrons. The predicted molar refractivity (Wildman–Crippen MR) is 115 cm³/mol. The van der Waals surface area contributed by atoms with Crippen LogP contribution in [0.25, 0.3) is 0 Å². The number of pyridine rings is 1. The second kappa shape index (κ2) is 7.97. The summed E-state index contributed by atoms with van der Waals surface area (Å²) in [6.45, 7) is 2.36. The molecule has 30 heavy (non-hydrogen) atoms. The third-order valence-corrected chi connectivity index (χ3v) is 6.10. The molecule has 3 aromatic rings. The van der Waals surface area contributed by atoms with Crippen LogP contribution in [-0.4, -0.2) is 25.9 Å². The van der Waals surface area contributed by atoms with Gasteiger partial charge in [-0.05, 0) is 55.0 Å². The summed E-state index contributed by atoms with van der Waals surface area (Å²) < 4.78 is 34.1. The third-order valence-electron chi connectivity index (χ3n) is 4.49. The Balaban J connectivity index is 1.75. The average molecular weight is 444 g/mol. The van der Waals surface area contributed by atoms with Gasteiger partial charge in [-0.25, -0.2) is 13.4 Å². The number of hydrogen-bond acceptors (Lipinski definition) is 5. The first-order valence-corrected chi connectivity index (χ1v) is 11.1. The summed E-state index contributed by atoms with van der Waals surface area (Å²) >= 11 is 5.93. The van der Waals surface area contributed by atoms with Gasteiger partial charge >= 0.3 is 0 Å². The summed E-state index contributed by atoms with van der Waals surface area (Å²) in [4.78, 5) is 19.0. The van der Waals surface area contributed by atoms with E-state index in [1.165, 1.54) is 29.2 Å². The number of fused-ring (bicyclic) bond motifs is 2. The average Bonchev–Trinajstić information content (AvgIpc) is 2.83. The number of nitrogens with zero attached hydrogens (tertiary/aromatic N) is 2. The number of halogens is 1. The Kier molecular flexibility index (Phi) is 5.36. The minimum absolute atomic E-state index is 0.0615. The first-order chi connectivity index (χ1) is 14.4. The fraction of sp³-hybridized carbons (Fsp3) is 0.143. The molecule has 0 radical (unpaired) electrons. The molecule has 0 atom stereocenters. The summed E-state index contributed by atoms with van der Waals surface area (Å²) in [7, 11) is -3.95. The van der Waals surface area contributed by atoms with E-state index in [4.69, 9.17) is 16.3 Å². The number of aromatic nitrogens is 1. The Labute approximate surface area is 179 Å². The number of ether oxygens (including phenoxy) is 1. The molecule has 0 unspecified atom stereocenters. The highest BCUT2D eigenvalue weighted by molar-refractivity contribution is 7.92. The van der Waals surface area contributed by atoms with Crippen LogP contribution in [0.3, 0.4) is 0 Å². The van der Waals surface area contributed by atoms with Crippen LogP contribution >= 0.6 is 11.6 Å². The monoisotopic (exact) mass is 443 g/mol. The lowest BCUT2D eigenvalue weighted by molar-refractivity contribution is 0.0986. The molecule has 0 saturated heterocycles. The molecule has 4 rings (SSSR count). The highest BCUT2D eigenvalue weighted by Crippen LogP contribution is 2.38. The van der Waals surface area contributed by atoms with E-state index in [-0.39, 0.29) is 22.1 Å². The highest BCUT2D eigenvalue weighted by Gasteiger charge is 2.30. The first kappa shape index (κ1) is 20.2. The van der Waals surface area contributed by atoms with E-state index in [9.17, 15) is 13.2 Å². The molecule has 2 heterocycles. The minimum atomic E-state index is -3.95. The second-order valence-electron chi connectivity index (χ2n) is 6.66. The number of carbonyl (C=O) groups is 1. The van der Waals surface area contributed by atoms with Gasteiger partial charge in [-0.3, -0.25) is 14.4 Å². The number of hydrogen-bond donors (Lipinski definition) is 1. The fourth-order valence-corrected chi connectivity index (χ4v) is 4.42. The van der Waals surface area contributed by atoms with Gasteiger partial charge in [0.25, 0.3) is 15.9 Å². The molecule has 0 saturated carbocycles. The number of sulfonamides is 1. The van der Waals surface area contributed by atoms with Crippen molar-refractivity contribution in [3.63, 3.8) is 0 Å². The molecular weight excluding hydrogens is 426 g/mol. The summed E-state index contributed by atoms with van der Waals surface area (Å²) in [5.41, 5.74) is 0.472. The number of nitrogens with one attached hydrogen (secondary N) is 1. The van der Waals surface area contributed by atoms with Gasteiger partial charge in [-0.1, -0.05) is 24.6 Å². The highest BCUT2D eigenvalue weighted by atomic mass is 35.5. The fourth-order valence-electron chi connectivity index (χ4n) is 3.15. The van der Waals surface area contributed by atoms with E-state index in [1.54, 1.807) is 36.5 Å². The Bertz CT molecular complexity index is 1230. The molecule has 1 aliphatic rings. The van der Waals surface area contributed by atoms with E-state index < -0.39 is 10.0 Å². The van der Waals surface area contributed by atoms with Gasteiger partial charge in [0.2, 0.25) is 0 Å². The van der Waals surface area contributed by atoms with Crippen molar-refractivity contribution in [2.24, 2.45) is 0 Å². The van der Waals surface area contributed by atoms with E-state index in [0.717, 1.165) is 0 Å². The topological polar surface area (TPSA) is 88.6 Å². The SMILES string of the molecule is CCCN1C(=O)c2cc(S(=O)(=O)Nc3cccc(Cl)c3)ccc2Oc2cccnc21. The molecule has 0 bridgehead atoms. The van der Waals surface area contributed by atoms with E-state index >= 15 is 0 Å². The predicted octanol–water partition coefficient (Wildman–Crippen LogP) is 4.70. The molecule has 0 fully saturated rings. The van der Waals surface area contributed by atoms with Crippen LogP contribution in [0.4, 0.5) is 11.5 Å². The van der Waals surface area contributed by atoms with Gasteiger partial charge in [0, 0.05) is 17.8 Å². The van der Waals surface area contributed by atoms with Crippen LogP contribution < -0.4 is 14.4 Å². The zero-order chi connectivity index (χ0) is 21.3. The number of rotatable bonds is 5. The van der Waals surface area contributed by atoms with Crippen molar-refractivity contribution in [3.8, 4) is 11.5 Å². The third kappa shape index (κ3) is 3.83. The van der Waals surface area contributed by atoms with E-state index in [0.29, 0.717) is 35.2 Å². The van der Waals surface area contributed by atoms with Gasteiger partial charge in [0.15, 0.2) is 11.6 Å². The largest absolute Gasteiger partial charge is 0.453 e. The normalized spacial score (nSPS) is 13.1. The van der Waals surface area contributed by atoms with Gasteiger partial charge in [-0.2, -0.15) is 0 Å². The zero-order valence-electron chi connectivity index (χ0n) is 16.0. The Hall–Kier alpha value is -3.10. The molecule has 2 aromatic carbocycles. The molecular formula is C21H18ClN3O4S. The molecule has 0 spiro atoms. The van der Waals surface area contributed by atoms with Crippen LogP contribution in [0.5, 0.6) is 11.5 Å². The second-order valence-corrected chi connectivity index (χ2v) is 8.78. The van der Waals surface area contributed by atoms with Crippen LogP contribution in [0, 0.1) is 0 Å². The lowest BCUT2D eigenvalue weighted by Gasteiger charge is -2.20. The Morgan fingerprint density at radius 3 is 2.70 bits per heavy atom. The van der Waals surface area contributed by atoms with Gasteiger partial charge in [-0.15, -0.1) is 0 Å². The maximum atomic E-state index is 13.2. The van der Waals surface area contributed by atoms with Gasteiger partial charge in [0.1, 0.15) is 5.75 Å². The van der Waals surface area contributed by atoms with Crippen molar-refractivity contribution in [2.75, 3.05) is 16.2 Å². The number of benzene rings is 2. The van der Waals surface area contributed by atoms with Crippen molar-refractivity contribution in [1.29, 1.82) is 0 Å². The van der Waals surface area contributed by atoms with E-state index in [2.05, 4.69) is 9.71 Å². The molecule has 7 nitrogen and oxygen atoms in total. The molecule has 0 aliphatic carbocycles. The molecule has 1 amide bonds. The maximum absolute atomic E-state index is 13.2. The van der Waals surface area contributed by atoms with Crippen molar-refractivity contribution < 1.29 is 17.9 Å².